The second-order valence-electron chi connectivity index (χ2n) is 6.43. The summed E-state index contributed by atoms with van der Waals surface area (Å²) in [6.07, 6.45) is 1.08. The van der Waals surface area contributed by atoms with Crippen molar-refractivity contribution in [3.63, 3.8) is 0 Å². The van der Waals surface area contributed by atoms with Crippen molar-refractivity contribution < 1.29 is 9.50 Å². The van der Waals surface area contributed by atoms with Crippen molar-refractivity contribution in [2.45, 2.75) is 13.0 Å². The number of aliphatic hydroxyl groups is 1. The summed E-state index contributed by atoms with van der Waals surface area (Å²) in [7, 11) is 0. The molecule has 1 atom stereocenters. The van der Waals surface area contributed by atoms with Crippen LogP contribution >= 0.6 is 11.3 Å². The van der Waals surface area contributed by atoms with Gasteiger partial charge >= 0.3 is 0 Å². The van der Waals surface area contributed by atoms with E-state index in [1.807, 2.05) is 24.3 Å². The first-order chi connectivity index (χ1) is 14.0. The first-order valence-corrected chi connectivity index (χ1v) is 9.72. The van der Waals surface area contributed by atoms with Crippen molar-refractivity contribution in [1.82, 2.24) is 15.0 Å². The van der Waals surface area contributed by atoms with Gasteiger partial charge in [-0.05, 0) is 55.0 Å². The van der Waals surface area contributed by atoms with E-state index in [2.05, 4.69) is 20.3 Å². The molecule has 2 aromatic carbocycles. The van der Waals surface area contributed by atoms with Crippen LogP contribution in [0.2, 0.25) is 0 Å². The predicted octanol–water partition coefficient (Wildman–Crippen LogP) is 4.79. The maximum absolute atomic E-state index is 13.3. The average Bonchev–Trinajstić information content (AvgIpc) is 3.11. The van der Waals surface area contributed by atoms with Crippen LogP contribution in [0.3, 0.4) is 0 Å². The third kappa shape index (κ3) is 4.23. The van der Waals surface area contributed by atoms with E-state index in [0.29, 0.717) is 22.5 Å². The first kappa shape index (κ1) is 19.0. The Labute approximate surface area is 170 Å². The largest absolute Gasteiger partial charge is 0.389 e. The third-order valence-corrected chi connectivity index (χ3v) is 5.18. The van der Waals surface area contributed by atoms with Crippen LogP contribution in [0.15, 0.2) is 60.8 Å². The number of hydrogen-bond acceptors (Lipinski definition) is 7. The highest BCUT2D eigenvalue weighted by molar-refractivity contribution is 7.19. The smallest absolute Gasteiger partial charge is 0.227 e. The lowest BCUT2D eigenvalue weighted by Gasteiger charge is -2.09. The van der Waals surface area contributed by atoms with Gasteiger partial charge in [0.15, 0.2) is 5.13 Å². The molecule has 0 radical (unpaired) electrons. The molecule has 0 aliphatic rings. The maximum atomic E-state index is 13.3. The van der Waals surface area contributed by atoms with Gasteiger partial charge in [0.1, 0.15) is 5.82 Å². The number of nitrogens with zero attached hydrogens (tertiary/aromatic N) is 3. The molecule has 0 spiro atoms. The van der Waals surface area contributed by atoms with E-state index < -0.39 is 6.10 Å². The molecule has 0 aliphatic heterocycles. The molecule has 2 heterocycles. The van der Waals surface area contributed by atoms with Crippen LogP contribution in [0.4, 0.5) is 21.2 Å². The molecule has 2 aromatic heterocycles. The van der Waals surface area contributed by atoms with Crippen molar-refractivity contribution in [3.8, 4) is 21.8 Å². The number of hydrogen-bond donors (Lipinski definition) is 3. The lowest BCUT2D eigenvalue weighted by atomic mass is 10.1. The number of nitrogens with one attached hydrogen (secondary N) is 1. The zero-order valence-corrected chi connectivity index (χ0v) is 16.3. The zero-order valence-electron chi connectivity index (χ0n) is 15.5. The molecule has 0 bridgehead atoms. The van der Waals surface area contributed by atoms with Gasteiger partial charge in [-0.1, -0.05) is 23.5 Å². The lowest BCUT2D eigenvalue weighted by Crippen LogP contribution is -1.99. The fourth-order valence-electron chi connectivity index (χ4n) is 2.86. The standard InChI is InChI=1S/C21H18FN5OS/c1-12(28)14-3-2-4-16(11-14)25-21-24-10-9-17(26-21)19-18(27-20(23)29-19)13-5-7-15(22)8-6-13/h2-12,28H,1H3,(H2,23,27)(H,24,25,26). The molecule has 4 N–H and O–H groups in total. The van der Waals surface area contributed by atoms with Gasteiger partial charge in [-0.25, -0.2) is 19.3 Å². The number of rotatable bonds is 5. The van der Waals surface area contributed by atoms with Crippen molar-refractivity contribution in [2.75, 3.05) is 11.1 Å². The van der Waals surface area contributed by atoms with Crippen LogP contribution in [-0.2, 0) is 0 Å². The molecule has 1 unspecified atom stereocenters. The number of anilines is 3. The van der Waals surface area contributed by atoms with Crippen LogP contribution in [0, 0.1) is 5.82 Å². The van der Waals surface area contributed by atoms with E-state index >= 15 is 0 Å². The van der Waals surface area contributed by atoms with Crippen LogP contribution < -0.4 is 11.1 Å². The van der Waals surface area contributed by atoms with Crippen molar-refractivity contribution >= 4 is 28.1 Å². The predicted molar refractivity (Wildman–Crippen MR) is 113 cm³/mol. The van der Waals surface area contributed by atoms with Gasteiger partial charge in [-0.2, -0.15) is 0 Å². The highest BCUT2D eigenvalue weighted by Crippen LogP contribution is 2.37. The average molecular weight is 407 g/mol. The summed E-state index contributed by atoms with van der Waals surface area (Å²) in [5.41, 5.74) is 9.56. The summed E-state index contributed by atoms with van der Waals surface area (Å²) in [4.78, 5) is 14.0. The van der Waals surface area contributed by atoms with Gasteiger partial charge < -0.3 is 16.2 Å². The number of nitrogen functional groups attached to an aromatic ring is 1. The Morgan fingerprint density at radius 3 is 2.66 bits per heavy atom. The summed E-state index contributed by atoms with van der Waals surface area (Å²) < 4.78 is 13.3. The van der Waals surface area contributed by atoms with Gasteiger partial charge in [0.05, 0.1) is 22.4 Å². The number of thiazole rings is 1. The summed E-state index contributed by atoms with van der Waals surface area (Å²) in [6.45, 7) is 1.71. The van der Waals surface area contributed by atoms with E-state index in [4.69, 9.17) is 5.73 Å². The minimum atomic E-state index is -0.567. The van der Waals surface area contributed by atoms with Crippen LogP contribution in [0.1, 0.15) is 18.6 Å². The molecule has 4 rings (SSSR count). The highest BCUT2D eigenvalue weighted by Gasteiger charge is 2.16. The number of halogens is 1. The van der Waals surface area contributed by atoms with Gasteiger partial charge in [-0.15, -0.1) is 0 Å². The Kier molecular flexibility index (Phi) is 5.20. The van der Waals surface area contributed by atoms with E-state index in [1.165, 1.54) is 23.5 Å². The summed E-state index contributed by atoms with van der Waals surface area (Å²) >= 11 is 1.31. The van der Waals surface area contributed by atoms with Gasteiger partial charge in [0, 0.05) is 17.4 Å². The molecule has 4 aromatic rings. The number of aliphatic hydroxyl groups excluding tert-OH is 1. The molecule has 0 saturated heterocycles. The minimum absolute atomic E-state index is 0.313. The molecule has 0 amide bonds. The number of nitrogens with two attached hydrogens (primary N) is 1. The first-order valence-electron chi connectivity index (χ1n) is 8.90. The van der Waals surface area contributed by atoms with Gasteiger partial charge in [0.25, 0.3) is 0 Å². The Hall–Kier alpha value is -3.36. The van der Waals surface area contributed by atoms with E-state index in [0.717, 1.165) is 21.7 Å². The monoisotopic (exact) mass is 407 g/mol. The molecule has 29 heavy (non-hydrogen) atoms. The molecule has 6 nitrogen and oxygen atoms in total. The Morgan fingerprint density at radius 2 is 1.90 bits per heavy atom. The summed E-state index contributed by atoms with van der Waals surface area (Å²) in [5, 5.41) is 13.3. The molecule has 0 fully saturated rings. The van der Waals surface area contributed by atoms with Crippen LogP contribution in [-0.4, -0.2) is 20.1 Å². The Bertz CT molecular complexity index is 1140. The maximum Gasteiger partial charge on any atom is 0.227 e. The quantitative estimate of drug-likeness (QED) is 0.440. The van der Waals surface area contributed by atoms with Gasteiger partial charge in [0.2, 0.25) is 5.95 Å². The fourth-order valence-corrected chi connectivity index (χ4v) is 3.69. The van der Waals surface area contributed by atoms with Crippen molar-refractivity contribution in [1.29, 1.82) is 0 Å². The van der Waals surface area contributed by atoms with Crippen molar-refractivity contribution in [3.05, 3.63) is 72.2 Å². The molecule has 146 valence electrons. The second kappa shape index (κ2) is 7.94. The minimum Gasteiger partial charge on any atom is -0.389 e. The molecule has 0 aliphatic carbocycles. The summed E-state index contributed by atoms with van der Waals surface area (Å²) in [5.74, 6) is 0.0914. The summed E-state index contributed by atoms with van der Waals surface area (Å²) in [6, 6.07) is 15.3. The highest BCUT2D eigenvalue weighted by atomic mass is 32.1. The van der Waals surface area contributed by atoms with Crippen LogP contribution in [0.25, 0.3) is 21.8 Å². The van der Waals surface area contributed by atoms with E-state index in [1.54, 1.807) is 31.3 Å². The zero-order chi connectivity index (χ0) is 20.4. The lowest BCUT2D eigenvalue weighted by molar-refractivity contribution is 0.199. The normalized spacial score (nSPS) is 12.0. The van der Waals surface area contributed by atoms with E-state index in [9.17, 15) is 9.50 Å². The Balaban J connectivity index is 1.68. The molecular formula is C21H18FN5OS. The van der Waals surface area contributed by atoms with Crippen molar-refractivity contribution in [2.24, 2.45) is 0 Å². The number of aromatic nitrogens is 3. The fraction of sp³-hybridized carbons (Fsp3) is 0.0952. The van der Waals surface area contributed by atoms with E-state index in [-0.39, 0.29) is 5.82 Å². The Morgan fingerprint density at radius 1 is 1.10 bits per heavy atom. The molecule has 8 heteroatoms. The van der Waals surface area contributed by atoms with Crippen LogP contribution in [0.5, 0.6) is 0 Å². The topological polar surface area (TPSA) is 97.0 Å². The van der Waals surface area contributed by atoms with Gasteiger partial charge in [-0.3, -0.25) is 0 Å². The number of benzene rings is 2. The second-order valence-corrected chi connectivity index (χ2v) is 7.46. The SMILES string of the molecule is CC(O)c1cccc(Nc2nccc(-c3sc(N)nc3-c3ccc(F)cc3)n2)c1. The third-order valence-electron chi connectivity index (χ3n) is 4.27. The molecular weight excluding hydrogens is 389 g/mol. The molecule has 0 saturated carbocycles.